The first kappa shape index (κ1) is 10.6. The molecule has 0 radical (unpaired) electrons. The van der Waals surface area contributed by atoms with Crippen LogP contribution in [0.2, 0.25) is 0 Å². The van der Waals surface area contributed by atoms with Crippen LogP contribution in [0.15, 0.2) is 30.9 Å². The third kappa shape index (κ3) is 2.35. The fourth-order valence-corrected chi connectivity index (χ4v) is 1.78. The molecule has 0 saturated carbocycles. The lowest BCUT2D eigenvalue weighted by Crippen LogP contribution is -2.09. The second-order valence-corrected chi connectivity index (χ2v) is 4.38. The Labute approximate surface area is 102 Å². The fourth-order valence-electron chi connectivity index (χ4n) is 1.39. The van der Waals surface area contributed by atoms with Crippen molar-refractivity contribution in [1.82, 2.24) is 20.1 Å². The van der Waals surface area contributed by atoms with E-state index >= 15 is 0 Å². The standard InChI is InChI=1S/C10H11IN4/c1-12-4-8-2-3-13-6-10(8)15-7-9(11)5-14-15/h2-3,5-7,12H,4H2,1H3. The fraction of sp³-hybridized carbons (Fsp3) is 0.200. The number of halogens is 1. The summed E-state index contributed by atoms with van der Waals surface area (Å²) in [6.45, 7) is 0.814. The Morgan fingerprint density at radius 2 is 2.33 bits per heavy atom. The third-order valence-electron chi connectivity index (χ3n) is 2.05. The van der Waals surface area contributed by atoms with Crippen LogP contribution in [-0.4, -0.2) is 21.8 Å². The van der Waals surface area contributed by atoms with Gasteiger partial charge in [0.1, 0.15) is 0 Å². The lowest BCUT2D eigenvalue weighted by molar-refractivity contribution is 0.784. The Morgan fingerprint density at radius 1 is 1.47 bits per heavy atom. The summed E-state index contributed by atoms with van der Waals surface area (Å²) in [6, 6.07) is 2.00. The van der Waals surface area contributed by atoms with Crippen LogP contribution in [-0.2, 0) is 6.54 Å². The van der Waals surface area contributed by atoms with Crippen LogP contribution in [0.5, 0.6) is 0 Å². The highest BCUT2D eigenvalue weighted by Gasteiger charge is 2.04. The van der Waals surface area contributed by atoms with E-state index in [1.54, 1.807) is 6.20 Å². The second-order valence-electron chi connectivity index (χ2n) is 3.14. The molecule has 0 aliphatic carbocycles. The summed E-state index contributed by atoms with van der Waals surface area (Å²) in [7, 11) is 1.93. The van der Waals surface area contributed by atoms with Gasteiger partial charge in [0.05, 0.1) is 21.7 Å². The molecule has 2 aromatic rings. The zero-order chi connectivity index (χ0) is 10.7. The number of nitrogens with zero attached hydrogens (tertiary/aromatic N) is 3. The first-order valence-corrected chi connectivity index (χ1v) is 5.67. The van der Waals surface area contributed by atoms with Gasteiger partial charge in [-0.05, 0) is 41.3 Å². The number of pyridine rings is 1. The lowest BCUT2D eigenvalue weighted by Gasteiger charge is -2.07. The van der Waals surface area contributed by atoms with Crippen molar-refractivity contribution in [2.45, 2.75) is 6.54 Å². The van der Waals surface area contributed by atoms with E-state index in [2.05, 4.69) is 38.0 Å². The van der Waals surface area contributed by atoms with Gasteiger partial charge in [0.2, 0.25) is 0 Å². The Morgan fingerprint density at radius 3 is 3.00 bits per heavy atom. The predicted octanol–water partition coefficient (Wildman–Crippen LogP) is 1.59. The molecule has 2 heterocycles. The van der Waals surface area contributed by atoms with Crippen molar-refractivity contribution in [3.63, 3.8) is 0 Å². The summed E-state index contributed by atoms with van der Waals surface area (Å²) in [5.41, 5.74) is 2.21. The molecule has 15 heavy (non-hydrogen) atoms. The molecule has 0 spiro atoms. The largest absolute Gasteiger partial charge is 0.316 e. The van der Waals surface area contributed by atoms with E-state index in [0.717, 1.165) is 15.8 Å². The van der Waals surface area contributed by atoms with Crippen LogP contribution in [0.1, 0.15) is 5.56 Å². The topological polar surface area (TPSA) is 42.7 Å². The van der Waals surface area contributed by atoms with E-state index < -0.39 is 0 Å². The van der Waals surface area contributed by atoms with Crippen LogP contribution in [0.4, 0.5) is 0 Å². The van der Waals surface area contributed by atoms with Crippen LogP contribution in [0.25, 0.3) is 5.69 Å². The van der Waals surface area contributed by atoms with E-state index in [-0.39, 0.29) is 0 Å². The van der Waals surface area contributed by atoms with Crippen molar-refractivity contribution in [1.29, 1.82) is 0 Å². The summed E-state index contributed by atoms with van der Waals surface area (Å²) >= 11 is 2.24. The summed E-state index contributed by atoms with van der Waals surface area (Å²) in [5, 5.41) is 7.40. The number of hydrogen-bond acceptors (Lipinski definition) is 3. The van der Waals surface area contributed by atoms with Gasteiger partial charge in [-0.15, -0.1) is 0 Å². The molecule has 0 saturated heterocycles. The minimum atomic E-state index is 0.814. The Balaban J connectivity index is 2.42. The number of hydrogen-bond donors (Lipinski definition) is 1. The molecule has 2 aromatic heterocycles. The predicted molar refractivity (Wildman–Crippen MR) is 66.8 cm³/mol. The maximum absolute atomic E-state index is 4.27. The van der Waals surface area contributed by atoms with Gasteiger partial charge in [0.15, 0.2) is 0 Å². The van der Waals surface area contributed by atoms with E-state index in [1.165, 1.54) is 5.56 Å². The molecular formula is C10H11IN4. The molecular weight excluding hydrogens is 303 g/mol. The van der Waals surface area contributed by atoms with Crippen molar-refractivity contribution in [2.75, 3.05) is 7.05 Å². The van der Waals surface area contributed by atoms with Gasteiger partial charge in [-0.2, -0.15) is 5.10 Å². The molecule has 0 fully saturated rings. The smallest absolute Gasteiger partial charge is 0.0874 e. The molecule has 2 rings (SSSR count). The highest BCUT2D eigenvalue weighted by Crippen LogP contribution is 2.13. The molecule has 5 heteroatoms. The number of rotatable bonds is 3. The average molecular weight is 314 g/mol. The Bertz CT molecular complexity index is 452. The van der Waals surface area contributed by atoms with Crippen molar-refractivity contribution < 1.29 is 0 Å². The van der Waals surface area contributed by atoms with E-state index in [9.17, 15) is 0 Å². The maximum atomic E-state index is 4.27. The van der Waals surface area contributed by atoms with Gasteiger partial charge < -0.3 is 5.32 Å². The van der Waals surface area contributed by atoms with Gasteiger partial charge in [0.25, 0.3) is 0 Å². The Kier molecular flexibility index (Phi) is 3.32. The Hall–Kier alpha value is -0.950. The number of aromatic nitrogens is 3. The lowest BCUT2D eigenvalue weighted by atomic mass is 10.2. The zero-order valence-corrected chi connectivity index (χ0v) is 10.5. The van der Waals surface area contributed by atoms with Gasteiger partial charge in [0, 0.05) is 18.9 Å². The molecule has 4 nitrogen and oxygen atoms in total. The molecule has 0 amide bonds. The second kappa shape index (κ2) is 4.71. The van der Waals surface area contributed by atoms with Crippen LogP contribution < -0.4 is 5.32 Å². The monoisotopic (exact) mass is 314 g/mol. The third-order valence-corrected chi connectivity index (χ3v) is 2.61. The van der Waals surface area contributed by atoms with Crippen molar-refractivity contribution in [3.05, 3.63) is 40.0 Å². The van der Waals surface area contributed by atoms with E-state index in [0.29, 0.717) is 0 Å². The normalized spacial score (nSPS) is 10.5. The molecule has 0 bridgehead atoms. The van der Waals surface area contributed by atoms with Crippen LogP contribution in [0.3, 0.4) is 0 Å². The molecule has 0 aromatic carbocycles. The van der Waals surface area contributed by atoms with Crippen molar-refractivity contribution in [2.24, 2.45) is 0 Å². The molecule has 1 N–H and O–H groups in total. The molecule has 0 atom stereocenters. The molecule has 0 unspecified atom stereocenters. The minimum Gasteiger partial charge on any atom is -0.316 e. The van der Waals surface area contributed by atoms with Crippen LogP contribution >= 0.6 is 22.6 Å². The van der Waals surface area contributed by atoms with Crippen molar-refractivity contribution >= 4 is 22.6 Å². The summed E-state index contributed by atoms with van der Waals surface area (Å²) in [6.07, 6.45) is 7.44. The highest BCUT2D eigenvalue weighted by atomic mass is 127. The SMILES string of the molecule is CNCc1ccncc1-n1cc(I)cn1. The first-order chi connectivity index (χ1) is 7.31. The zero-order valence-electron chi connectivity index (χ0n) is 8.31. The quantitative estimate of drug-likeness (QED) is 0.875. The molecule has 0 aliphatic heterocycles. The maximum Gasteiger partial charge on any atom is 0.0874 e. The minimum absolute atomic E-state index is 0.814. The van der Waals surface area contributed by atoms with Gasteiger partial charge in [-0.25, -0.2) is 4.68 Å². The summed E-state index contributed by atoms with van der Waals surface area (Å²) in [5.74, 6) is 0. The van der Waals surface area contributed by atoms with Crippen molar-refractivity contribution in [3.8, 4) is 5.69 Å². The van der Waals surface area contributed by atoms with E-state index in [1.807, 2.05) is 36.4 Å². The molecule has 0 aliphatic rings. The van der Waals surface area contributed by atoms with Crippen LogP contribution in [0, 0.1) is 3.57 Å². The summed E-state index contributed by atoms with van der Waals surface area (Å²) < 4.78 is 2.97. The number of nitrogens with one attached hydrogen (secondary N) is 1. The average Bonchev–Trinajstić information content (AvgIpc) is 2.66. The highest BCUT2D eigenvalue weighted by molar-refractivity contribution is 14.1. The van der Waals surface area contributed by atoms with E-state index in [4.69, 9.17) is 0 Å². The van der Waals surface area contributed by atoms with Gasteiger partial charge >= 0.3 is 0 Å². The van der Waals surface area contributed by atoms with Gasteiger partial charge in [-0.3, -0.25) is 4.98 Å². The summed E-state index contributed by atoms with van der Waals surface area (Å²) in [4.78, 5) is 4.12. The van der Waals surface area contributed by atoms with Gasteiger partial charge in [-0.1, -0.05) is 0 Å². The first-order valence-electron chi connectivity index (χ1n) is 4.59. The molecule has 78 valence electrons.